The second kappa shape index (κ2) is 8.16. The molecule has 1 aromatic rings. The van der Waals surface area contributed by atoms with Gasteiger partial charge in [-0.3, -0.25) is 4.79 Å². The van der Waals surface area contributed by atoms with Crippen molar-refractivity contribution in [3.8, 4) is 0 Å². The summed E-state index contributed by atoms with van der Waals surface area (Å²) >= 11 is 1.24. The van der Waals surface area contributed by atoms with Gasteiger partial charge >= 0.3 is 0 Å². The van der Waals surface area contributed by atoms with Crippen molar-refractivity contribution in [3.63, 3.8) is 0 Å². The lowest BCUT2D eigenvalue weighted by Gasteiger charge is -2.25. The summed E-state index contributed by atoms with van der Waals surface area (Å²) in [5.41, 5.74) is 0. The van der Waals surface area contributed by atoms with Crippen molar-refractivity contribution in [2.24, 2.45) is 0 Å². The molecule has 8 heteroatoms. The summed E-state index contributed by atoms with van der Waals surface area (Å²) < 4.78 is 27.4. The number of likely N-dealkylation sites (N-methyl/N-ethyl adjacent to an activating group) is 1. The van der Waals surface area contributed by atoms with Crippen LogP contribution < -0.4 is 0 Å². The zero-order valence-corrected chi connectivity index (χ0v) is 16.4. The Hall–Kier alpha value is -0.960. The fourth-order valence-electron chi connectivity index (χ4n) is 3.38. The Kier molecular flexibility index (Phi) is 6.14. The van der Waals surface area contributed by atoms with Gasteiger partial charge in [-0.2, -0.15) is 4.31 Å². The van der Waals surface area contributed by atoms with Crippen LogP contribution in [0.5, 0.6) is 0 Å². The maximum Gasteiger partial charge on any atom is 0.252 e. The molecule has 0 spiro atoms. The molecular weight excluding hydrogens is 358 g/mol. The van der Waals surface area contributed by atoms with Crippen LogP contribution in [-0.4, -0.2) is 74.7 Å². The summed E-state index contributed by atoms with van der Waals surface area (Å²) in [4.78, 5) is 17.5. The molecule has 2 aliphatic heterocycles. The third-order valence-electron chi connectivity index (χ3n) is 4.94. The van der Waals surface area contributed by atoms with Crippen molar-refractivity contribution in [1.82, 2.24) is 14.1 Å². The van der Waals surface area contributed by atoms with Gasteiger partial charge < -0.3 is 9.80 Å². The molecule has 3 rings (SSSR count). The van der Waals surface area contributed by atoms with E-state index in [9.17, 15) is 13.2 Å². The molecule has 0 bridgehead atoms. The quantitative estimate of drug-likeness (QED) is 0.790. The van der Waals surface area contributed by atoms with Gasteiger partial charge in [0.15, 0.2) is 0 Å². The van der Waals surface area contributed by atoms with E-state index >= 15 is 0 Å². The van der Waals surface area contributed by atoms with Gasteiger partial charge in [0.05, 0.1) is 6.42 Å². The predicted octanol–water partition coefficient (Wildman–Crippen LogP) is 1.63. The number of piperidine rings is 1. The molecule has 0 atom stereocenters. The van der Waals surface area contributed by atoms with Crippen LogP contribution >= 0.6 is 11.3 Å². The molecule has 0 aliphatic carbocycles. The fraction of sp³-hybridized carbons (Fsp3) is 0.706. The van der Waals surface area contributed by atoms with Gasteiger partial charge in [-0.1, -0.05) is 6.42 Å². The second-order valence-corrected chi connectivity index (χ2v) is 10.2. The largest absolute Gasteiger partial charge is 0.341 e. The summed E-state index contributed by atoms with van der Waals surface area (Å²) in [6.07, 6.45) is 4.24. The Bertz CT molecular complexity index is 696. The van der Waals surface area contributed by atoms with E-state index in [1.807, 2.05) is 4.90 Å². The van der Waals surface area contributed by atoms with Crippen molar-refractivity contribution in [2.45, 2.75) is 36.3 Å². The fourth-order valence-corrected chi connectivity index (χ4v) is 6.40. The van der Waals surface area contributed by atoms with Gasteiger partial charge in [-0.15, -0.1) is 11.3 Å². The van der Waals surface area contributed by atoms with Crippen molar-refractivity contribution in [1.29, 1.82) is 0 Å². The lowest BCUT2D eigenvalue weighted by atomic mass is 10.2. The predicted molar refractivity (Wildman–Crippen MR) is 99.3 cm³/mol. The van der Waals surface area contributed by atoms with Gasteiger partial charge in [-0.05, 0) is 45.0 Å². The minimum Gasteiger partial charge on any atom is -0.341 e. The smallest absolute Gasteiger partial charge is 0.252 e. The van der Waals surface area contributed by atoms with Crippen LogP contribution in [0.4, 0.5) is 0 Å². The first kappa shape index (κ1) is 18.8. The van der Waals surface area contributed by atoms with Crippen molar-refractivity contribution < 1.29 is 13.2 Å². The second-order valence-electron chi connectivity index (χ2n) is 6.90. The highest BCUT2D eigenvalue weighted by molar-refractivity contribution is 7.91. The van der Waals surface area contributed by atoms with Crippen molar-refractivity contribution >= 4 is 27.3 Å². The number of thiophene rings is 1. The maximum atomic E-state index is 12.7. The molecule has 1 aromatic heterocycles. The number of rotatable bonds is 4. The molecule has 0 radical (unpaired) electrons. The number of amides is 1. The Labute approximate surface area is 154 Å². The third-order valence-corrected chi connectivity index (χ3v) is 8.40. The lowest BCUT2D eigenvalue weighted by Crippen LogP contribution is -2.35. The number of sulfonamides is 1. The van der Waals surface area contributed by atoms with E-state index in [2.05, 4.69) is 11.9 Å². The van der Waals surface area contributed by atoms with E-state index in [4.69, 9.17) is 0 Å². The van der Waals surface area contributed by atoms with Gasteiger partial charge in [0.25, 0.3) is 10.0 Å². The molecule has 6 nitrogen and oxygen atoms in total. The molecule has 2 fully saturated rings. The summed E-state index contributed by atoms with van der Waals surface area (Å²) in [6, 6.07) is 3.46. The zero-order valence-electron chi connectivity index (χ0n) is 14.8. The number of hydrogen-bond donors (Lipinski definition) is 0. The molecule has 2 aliphatic rings. The first-order chi connectivity index (χ1) is 12.0. The van der Waals surface area contributed by atoms with E-state index < -0.39 is 10.0 Å². The number of carbonyl (C=O) groups excluding carboxylic acids is 1. The topological polar surface area (TPSA) is 60.9 Å². The average Bonchev–Trinajstić information content (AvgIpc) is 2.97. The normalized spacial score (nSPS) is 21.2. The van der Waals surface area contributed by atoms with Crippen LogP contribution in [-0.2, 0) is 21.2 Å². The van der Waals surface area contributed by atoms with Crippen molar-refractivity contribution in [2.75, 3.05) is 46.3 Å². The Morgan fingerprint density at radius 1 is 1.00 bits per heavy atom. The molecule has 2 saturated heterocycles. The maximum absolute atomic E-state index is 12.7. The molecule has 0 N–H and O–H groups in total. The van der Waals surface area contributed by atoms with Gasteiger partial charge in [0, 0.05) is 37.6 Å². The number of carbonyl (C=O) groups is 1. The van der Waals surface area contributed by atoms with Gasteiger partial charge in [-0.25, -0.2) is 8.42 Å². The monoisotopic (exact) mass is 385 g/mol. The highest BCUT2D eigenvalue weighted by Gasteiger charge is 2.28. The summed E-state index contributed by atoms with van der Waals surface area (Å²) in [6.45, 7) is 4.66. The summed E-state index contributed by atoms with van der Waals surface area (Å²) in [7, 11) is -1.32. The van der Waals surface area contributed by atoms with E-state index in [1.165, 1.54) is 11.3 Å². The van der Waals surface area contributed by atoms with Crippen LogP contribution in [0.25, 0.3) is 0 Å². The van der Waals surface area contributed by atoms with Crippen LogP contribution in [0.1, 0.15) is 30.6 Å². The SMILES string of the molecule is CN1CCCN(C(=O)Cc2ccc(S(=O)(=O)N3CCCCC3)s2)CC1. The van der Waals surface area contributed by atoms with E-state index in [0.717, 1.165) is 56.7 Å². The lowest BCUT2D eigenvalue weighted by molar-refractivity contribution is -0.130. The van der Waals surface area contributed by atoms with Crippen LogP contribution in [0.2, 0.25) is 0 Å². The van der Waals surface area contributed by atoms with Crippen LogP contribution in [0, 0.1) is 0 Å². The molecule has 3 heterocycles. The standard InChI is InChI=1S/C17H27N3O3S2/c1-18-8-5-9-19(13-12-18)16(21)14-15-6-7-17(24-15)25(22,23)20-10-3-2-4-11-20/h6-7H,2-5,8-14H2,1H3. The average molecular weight is 386 g/mol. The van der Waals surface area contributed by atoms with E-state index in [0.29, 0.717) is 23.7 Å². The number of hydrogen-bond acceptors (Lipinski definition) is 5. The first-order valence-electron chi connectivity index (χ1n) is 9.02. The first-order valence-corrected chi connectivity index (χ1v) is 11.3. The summed E-state index contributed by atoms with van der Waals surface area (Å²) in [5, 5.41) is 0. The highest BCUT2D eigenvalue weighted by atomic mass is 32.2. The minimum absolute atomic E-state index is 0.0964. The zero-order chi connectivity index (χ0) is 17.9. The Morgan fingerprint density at radius 2 is 1.76 bits per heavy atom. The van der Waals surface area contributed by atoms with Gasteiger partial charge in [0.2, 0.25) is 5.91 Å². The molecule has 25 heavy (non-hydrogen) atoms. The molecule has 140 valence electrons. The molecule has 1 amide bonds. The summed E-state index contributed by atoms with van der Waals surface area (Å²) in [5.74, 6) is 0.0964. The van der Waals surface area contributed by atoms with Gasteiger partial charge in [0.1, 0.15) is 4.21 Å². The molecule has 0 aromatic carbocycles. The molecule has 0 saturated carbocycles. The van der Waals surface area contributed by atoms with E-state index in [-0.39, 0.29) is 5.91 Å². The Balaban J connectivity index is 1.64. The minimum atomic E-state index is -3.39. The number of nitrogens with zero attached hydrogens (tertiary/aromatic N) is 3. The van der Waals surface area contributed by atoms with Crippen LogP contribution in [0.15, 0.2) is 16.3 Å². The molecule has 0 unspecified atom stereocenters. The molecular formula is C17H27N3O3S2. The highest BCUT2D eigenvalue weighted by Crippen LogP contribution is 2.27. The van der Waals surface area contributed by atoms with Crippen LogP contribution in [0.3, 0.4) is 0 Å². The van der Waals surface area contributed by atoms with Crippen molar-refractivity contribution in [3.05, 3.63) is 17.0 Å². The third kappa shape index (κ3) is 4.61. The Morgan fingerprint density at radius 3 is 2.52 bits per heavy atom. The van der Waals surface area contributed by atoms with E-state index in [1.54, 1.807) is 16.4 Å².